The monoisotopic (exact) mass is 322 g/mol. The zero-order valence-electron chi connectivity index (χ0n) is 12.2. The average molecular weight is 323 g/mol. The summed E-state index contributed by atoms with van der Waals surface area (Å²) in [7, 11) is 5.45. The van der Waals surface area contributed by atoms with Crippen molar-refractivity contribution in [2.45, 2.75) is 18.4 Å². The molecule has 6 heteroatoms. The molecule has 0 amide bonds. The number of benzene rings is 1. The lowest BCUT2D eigenvalue weighted by Gasteiger charge is -2.35. The lowest BCUT2D eigenvalue weighted by molar-refractivity contribution is 0.228. The highest BCUT2D eigenvalue weighted by Crippen LogP contribution is 2.33. The van der Waals surface area contributed by atoms with E-state index < -0.39 is 0 Å². The quantitative estimate of drug-likeness (QED) is 0.927. The Balaban J connectivity index is 0.00000180. The highest BCUT2D eigenvalue weighted by atomic mass is 35.5. The number of nitrogens with zero attached hydrogens (tertiary/aromatic N) is 1. The Bertz CT molecular complexity index is 418. The van der Waals surface area contributed by atoms with Gasteiger partial charge in [0.25, 0.3) is 0 Å². The predicted octanol–water partition coefficient (Wildman–Crippen LogP) is 2.29. The molecule has 1 saturated heterocycles. The number of likely N-dealkylation sites (tertiary alicyclic amines) is 1. The van der Waals surface area contributed by atoms with Gasteiger partial charge in [-0.05, 0) is 37.7 Å². The van der Waals surface area contributed by atoms with Gasteiger partial charge in [-0.2, -0.15) is 0 Å². The maximum Gasteiger partial charge on any atom is 0.160 e. The SMILES string of the molecule is COc1ccc(C2CN(C)CCC2N)cc1OC.Cl.Cl. The van der Waals surface area contributed by atoms with Crippen molar-refractivity contribution < 1.29 is 9.47 Å². The molecule has 0 aromatic heterocycles. The standard InChI is InChI=1S/C14H22N2O2.2ClH/c1-16-7-6-12(15)11(9-16)10-4-5-13(17-2)14(8-10)18-3;;/h4-5,8,11-12H,6-7,9,15H2,1-3H3;2*1H. The topological polar surface area (TPSA) is 47.7 Å². The van der Waals surface area contributed by atoms with Crippen LogP contribution in [0.5, 0.6) is 11.5 Å². The Morgan fingerprint density at radius 3 is 2.40 bits per heavy atom. The highest BCUT2D eigenvalue weighted by molar-refractivity contribution is 5.85. The normalized spacial score (nSPS) is 22.4. The van der Waals surface area contributed by atoms with Gasteiger partial charge < -0.3 is 20.1 Å². The smallest absolute Gasteiger partial charge is 0.160 e. The fraction of sp³-hybridized carbons (Fsp3) is 0.571. The molecule has 4 nitrogen and oxygen atoms in total. The molecule has 0 radical (unpaired) electrons. The third kappa shape index (κ3) is 4.16. The van der Waals surface area contributed by atoms with Gasteiger partial charge in [-0.15, -0.1) is 24.8 Å². The number of methoxy groups -OCH3 is 2. The van der Waals surface area contributed by atoms with E-state index in [-0.39, 0.29) is 30.9 Å². The minimum atomic E-state index is 0. The first-order valence-corrected chi connectivity index (χ1v) is 6.31. The molecule has 1 aliphatic rings. The third-order valence-corrected chi connectivity index (χ3v) is 3.71. The Kier molecular flexibility index (Phi) is 8.28. The van der Waals surface area contributed by atoms with E-state index in [0.717, 1.165) is 31.0 Å². The van der Waals surface area contributed by atoms with Crippen molar-refractivity contribution in [1.82, 2.24) is 4.90 Å². The zero-order valence-corrected chi connectivity index (χ0v) is 13.8. The van der Waals surface area contributed by atoms with E-state index in [1.54, 1.807) is 14.2 Å². The number of piperidine rings is 1. The number of halogens is 2. The van der Waals surface area contributed by atoms with E-state index in [1.807, 2.05) is 12.1 Å². The lowest BCUT2D eigenvalue weighted by atomic mass is 9.86. The van der Waals surface area contributed by atoms with E-state index in [1.165, 1.54) is 5.56 Å². The van der Waals surface area contributed by atoms with E-state index >= 15 is 0 Å². The van der Waals surface area contributed by atoms with Crippen molar-refractivity contribution in [3.05, 3.63) is 23.8 Å². The van der Waals surface area contributed by atoms with Crippen molar-refractivity contribution in [2.75, 3.05) is 34.4 Å². The second kappa shape index (κ2) is 8.57. The van der Waals surface area contributed by atoms with Gasteiger partial charge in [0.15, 0.2) is 11.5 Å². The van der Waals surface area contributed by atoms with Crippen LogP contribution in [0.3, 0.4) is 0 Å². The molecule has 1 fully saturated rings. The van der Waals surface area contributed by atoms with Gasteiger partial charge in [0.05, 0.1) is 14.2 Å². The number of likely N-dealkylation sites (N-methyl/N-ethyl adjacent to an activating group) is 1. The average Bonchev–Trinajstić information content (AvgIpc) is 2.40. The summed E-state index contributed by atoms with van der Waals surface area (Å²) in [6, 6.07) is 6.31. The van der Waals surface area contributed by atoms with Crippen LogP contribution in [0, 0.1) is 0 Å². The first-order chi connectivity index (χ1) is 8.65. The Morgan fingerprint density at radius 1 is 1.15 bits per heavy atom. The summed E-state index contributed by atoms with van der Waals surface area (Å²) in [4.78, 5) is 2.32. The summed E-state index contributed by atoms with van der Waals surface area (Å²) in [5.41, 5.74) is 7.47. The molecular weight excluding hydrogens is 299 g/mol. The molecule has 0 aliphatic carbocycles. The first kappa shape index (κ1) is 19.3. The van der Waals surface area contributed by atoms with Crippen molar-refractivity contribution in [2.24, 2.45) is 5.73 Å². The summed E-state index contributed by atoms with van der Waals surface area (Å²) in [5, 5.41) is 0. The van der Waals surface area contributed by atoms with Crippen molar-refractivity contribution >= 4 is 24.8 Å². The van der Waals surface area contributed by atoms with Crippen molar-refractivity contribution in [3.63, 3.8) is 0 Å². The Morgan fingerprint density at radius 2 is 1.80 bits per heavy atom. The minimum Gasteiger partial charge on any atom is -0.493 e. The largest absolute Gasteiger partial charge is 0.493 e. The molecule has 2 unspecified atom stereocenters. The number of hydrogen-bond acceptors (Lipinski definition) is 4. The molecule has 2 atom stereocenters. The second-order valence-corrected chi connectivity index (χ2v) is 4.94. The van der Waals surface area contributed by atoms with Gasteiger partial charge in [0, 0.05) is 18.5 Å². The van der Waals surface area contributed by atoms with Crippen LogP contribution >= 0.6 is 24.8 Å². The van der Waals surface area contributed by atoms with Crippen LogP contribution in [0.2, 0.25) is 0 Å². The summed E-state index contributed by atoms with van der Waals surface area (Å²) in [6.07, 6.45) is 1.04. The molecule has 20 heavy (non-hydrogen) atoms. The number of ether oxygens (including phenoxy) is 2. The van der Waals surface area contributed by atoms with Crippen LogP contribution in [0.25, 0.3) is 0 Å². The van der Waals surface area contributed by atoms with Crippen molar-refractivity contribution in [3.8, 4) is 11.5 Å². The van der Waals surface area contributed by atoms with Crippen LogP contribution in [0.15, 0.2) is 18.2 Å². The van der Waals surface area contributed by atoms with E-state index in [9.17, 15) is 0 Å². The molecular formula is C14H24Cl2N2O2. The Hall–Kier alpha value is -0.680. The maximum atomic E-state index is 6.24. The fourth-order valence-corrected chi connectivity index (χ4v) is 2.57. The minimum absolute atomic E-state index is 0. The van der Waals surface area contributed by atoms with Crippen LogP contribution in [0.4, 0.5) is 0 Å². The Labute approximate surface area is 133 Å². The van der Waals surface area contributed by atoms with Crippen LogP contribution in [0.1, 0.15) is 17.9 Å². The molecule has 0 spiro atoms. The predicted molar refractivity (Wildman–Crippen MR) is 86.9 cm³/mol. The van der Waals surface area contributed by atoms with Crippen molar-refractivity contribution in [1.29, 1.82) is 0 Å². The lowest BCUT2D eigenvalue weighted by Crippen LogP contribution is -2.43. The highest BCUT2D eigenvalue weighted by Gasteiger charge is 2.26. The summed E-state index contributed by atoms with van der Waals surface area (Å²) in [5.74, 6) is 1.90. The van der Waals surface area contributed by atoms with Gasteiger partial charge in [0.1, 0.15) is 0 Å². The van der Waals surface area contributed by atoms with E-state index in [0.29, 0.717) is 5.92 Å². The molecule has 2 rings (SSSR count). The molecule has 1 heterocycles. The molecule has 0 bridgehead atoms. The zero-order chi connectivity index (χ0) is 13.1. The van der Waals surface area contributed by atoms with Crippen LogP contribution in [-0.2, 0) is 0 Å². The maximum absolute atomic E-state index is 6.24. The van der Waals surface area contributed by atoms with Gasteiger partial charge in [-0.25, -0.2) is 0 Å². The summed E-state index contributed by atoms with van der Waals surface area (Å²) < 4.78 is 10.6. The van der Waals surface area contributed by atoms with Gasteiger partial charge >= 0.3 is 0 Å². The molecule has 1 aromatic rings. The van der Waals surface area contributed by atoms with Gasteiger partial charge in [-0.3, -0.25) is 0 Å². The fourth-order valence-electron chi connectivity index (χ4n) is 2.57. The summed E-state index contributed by atoms with van der Waals surface area (Å²) >= 11 is 0. The van der Waals surface area contributed by atoms with Crippen LogP contribution in [-0.4, -0.2) is 45.3 Å². The molecule has 0 saturated carbocycles. The third-order valence-electron chi connectivity index (χ3n) is 3.71. The van der Waals surface area contributed by atoms with Crippen LogP contribution < -0.4 is 15.2 Å². The van der Waals surface area contributed by atoms with Gasteiger partial charge in [-0.1, -0.05) is 6.07 Å². The molecule has 2 N–H and O–H groups in total. The second-order valence-electron chi connectivity index (χ2n) is 4.94. The van der Waals surface area contributed by atoms with Gasteiger partial charge in [0.2, 0.25) is 0 Å². The van der Waals surface area contributed by atoms with E-state index in [2.05, 4.69) is 18.0 Å². The molecule has 116 valence electrons. The summed E-state index contributed by atoms with van der Waals surface area (Å²) in [6.45, 7) is 2.07. The number of rotatable bonds is 3. The first-order valence-electron chi connectivity index (χ1n) is 6.31. The molecule has 1 aliphatic heterocycles. The number of hydrogen-bond donors (Lipinski definition) is 1. The number of nitrogens with two attached hydrogens (primary N) is 1. The molecule has 1 aromatic carbocycles. The van der Waals surface area contributed by atoms with E-state index in [4.69, 9.17) is 15.2 Å².